The van der Waals surface area contributed by atoms with E-state index in [1.807, 2.05) is 12.3 Å². The number of pyridine rings is 1. The van der Waals surface area contributed by atoms with Gasteiger partial charge in [-0.2, -0.15) is 0 Å². The Balaban J connectivity index is 1.41. The predicted molar refractivity (Wildman–Crippen MR) is 185 cm³/mol. The van der Waals surface area contributed by atoms with Crippen molar-refractivity contribution in [2.45, 2.75) is 31.6 Å². The maximum atomic E-state index is 5.46. The number of para-hydroxylation sites is 2. The molecule has 1 atom stereocenters. The first-order chi connectivity index (χ1) is 21.8. The van der Waals surface area contributed by atoms with Gasteiger partial charge in [0.05, 0.1) is 27.9 Å². The summed E-state index contributed by atoms with van der Waals surface area (Å²) >= 11 is 0. The van der Waals surface area contributed by atoms with E-state index in [2.05, 4.69) is 119 Å². The van der Waals surface area contributed by atoms with Gasteiger partial charge in [-0.05, 0) is 95.1 Å². The molecule has 4 heterocycles. The van der Waals surface area contributed by atoms with Crippen molar-refractivity contribution in [2.24, 2.45) is 4.99 Å². The number of fused-ring (bicyclic) bond motifs is 13. The number of aryl methyl sites for hydroxylation is 1. The minimum Gasteiger partial charge on any atom is -0.308 e. The topological polar surface area (TPSA) is 29.7 Å². The Morgan fingerprint density at radius 3 is 2.41 bits per heavy atom. The Hall–Kier alpha value is -5.28. The first-order valence-corrected chi connectivity index (χ1v) is 15.7. The molecule has 10 rings (SSSR count). The van der Waals surface area contributed by atoms with E-state index in [4.69, 9.17) is 4.99 Å². The number of rotatable bonds is 1. The minimum absolute atomic E-state index is 0.188. The summed E-state index contributed by atoms with van der Waals surface area (Å²) in [5.74, 6) is 0.188. The SMILES string of the molecule is C1=C\c2ncccc2/N=C(/[C@@H]2CCc3ccc4ccccc4c3-c3cc4c5ccccc5n5c6ccccc6c(c32)c45)CC/1. The normalized spacial score (nSPS) is 18.5. The van der Waals surface area contributed by atoms with Crippen LogP contribution < -0.4 is 0 Å². The van der Waals surface area contributed by atoms with Crippen LogP contribution in [0.3, 0.4) is 0 Å². The third-order valence-corrected chi connectivity index (χ3v) is 10.1. The van der Waals surface area contributed by atoms with Crippen molar-refractivity contribution in [3.8, 4) is 11.1 Å². The van der Waals surface area contributed by atoms with E-state index in [9.17, 15) is 0 Å². The highest BCUT2D eigenvalue weighted by Crippen LogP contribution is 2.51. The highest BCUT2D eigenvalue weighted by Gasteiger charge is 2.33. The number of allylic oxidation sites excluding steroid dienone is 1. The molecular weight excluding hydrogens is 534 g/mol. The molecule has 0 radical (unpaired) electrons. The van der Waals surface area contributed by atoms with Crippen LogP contribution in [0.4, 0.5) is 5.69 Å². The summed E-state index contributed by atoms with van der Waals surface area (Å²) in [6.45, 7) is 0. The highest BCUT2D eigenvalue weighted by atomic mass is 14.9. The van der Waals surface area contributed by atoms with Gasteiger partial charge in [-0.15, -0.1) is 0 Å². The van der Waals surface area contributed by atoms with Gasteiger partial charge in [-0.3, -0.25) is 9.98 Å². The lowest BCUT2D eigenvalue weighted by Gasteiger charge is -2.23. The zero-order chi connectivity index (χ0) is 28.8. The van der Waals surface area contributed by atoms with Gasteiger partial charge in [-0.25, -0.2) is 0 Å². The Morgan fingerprint density at radius 1 is 0.705 bits per heavy atom. The number of aromatic nitrogens is 2. The second-order valence-corrected chi connectivity index (χ2v) is 12.3. The Morgan fingerprint density at radius 2 is 1.50 bits per heavy atom. The summed E-state index contributed by atoms with van der Waals surface area (Å²) in [6.07, 6.45) is 10.2. The summed E-state index contributed by atoms with van der Waals surface area (Å²) in [5, 5.41) is 8.01. The molecule has 5 aromatic carbocycles. The van der Waals surface area contributed by atoms with Crippen LogP contribution in [0.2, 0.25) is 0 Å². The molecule has 3 nitrogen and oxygen atoms in total. The molecular formula is C41H29N3. The molecule has 3 aromatic heterocycles. The smallest absolute Gasteiger partial charge is 0.0886 e. The molecule has 2 aliphatic rings. The molecule has 1 aliphatic carbocycles. The van der Waals surface area contributed by atoms with E-state index in [-0.39, 0.29) is 5.92 Å². The zero-order valence-corrected chi connectivity index (χ0v) is 24.3. The predicted octanol–water partition coefficient (Wildman–Crippen LogP) is 10.7. The molecule has 0 amide bonds. The molecule has 3 heteroatoms. The van der Waals surface area contributed by atoms with E-state index < -0.39 is 0 Å². The van der Waals surface area contributed by atoms with Gasteiger partial charge >= 0.3 is 0 Å². The highest BCUT2D eigenvalue weighted by molar-refractivity contribution is 6.27. The molecule has 0 saturated carbocycles. The number of nitrogens with zero attached hydrogens (tertiary/aromatic N) is 3. The van der Waals surface area contributed by atoms with Gasteiger partial charge in [0.1, 0.15) is 0 Å². The summed E-state index contributed by atoms with van der Waals surface area (Å²) in [6, 6.07) is 38.2. The van der Waals surface area contributed by atoms with Gasteiger partial charge in [0, 0.05) is 39.4 Å². The van der Waals surface area contributed by atoms with E-state index in [1.165, 1.54) is 76.8 Å². The Bertz CT molecular complexity index is 2510. The summed E-state index contributed by atoms with van der Waals surface area (Å²) < 4.78 is 2.52. The van der Waals surface area contributed by atoms with Crippen molar-refractivity contribution in [2.75, 3.05) is 0 Å². The van der Waals surface area contributed by atoms with Crippen LogP contribution in [0.1, 0.15) is 42.0 Å². The van der Waals surface area contributed by atoms with Crippen molar-refractivity contribution in [3.63, 3.8) is 0 Å². The quantitative estimate of drug-likeness (QED) is 0.195. The fourth-order valence-electron chi connectivity index (χ4n) is 8.25. The molecule has 0 saturated heterocycles. The van der Waals surface area contributed by atoms with Crippen LogP contribution in [-0.4, -0.2) is 15.1 Å². The molecule has 0 fully saturated rings. The van der Waals surface area contributed by atoms with E-state index in [0.29, 0.717) is 0 Å². The summed E-state index contributed by atoms with van der Waals surface area (Å²) in [4.78, 5) is 10.1. The molecule has 0 unspecified atom stereocenters. The van der Waals surface area contributed by atoms with E-state index in [1.54, 1.807) is 0 Å². The van der Waals surface area contributed by atoms with Crippen molar-refractivity contribution < 1.29 is 0 Å². The second-order valence-electron chi connectivity index (χ2n) is 12.3. The summed E-state index contributed by atoms with van der Waals surface area (Å²) in [5.41, 5.74) is 12.7. The van der Waals surface area contributed by atoms with Crippen LogP contribution in [0.25, 0.3) is 66.1 Å². The van der Waals surface area contributed by atoms with E-state index >= 15 is 0 Å². The third-order valence-electron chi connectivity index (χ3n) is 10.1. The number of hydrogen-bond donors (Lipinski definition) is 0. The van der Waals surface area contributed by atoms with Crippen molar-refractivity contribution in [1.82, 2.24) is 9.38 Å². The molecule has 208 valence electrons. The van der Waals surface area contributed by atoms with Gasteiger partial charge in [-0.1, -0.05) is 78.9 Å². The Labute approximate surface area is 255 Å². The van der Waals surface area contributed by atoms with Crippen LogP contribution in [-0.2, 0) is 6.42 Å². The maximum Gasteiger partial charge on any atom is 0.0886 e. The lowest BCUT2D eigenvalue weighted by Crippen LogP contribution is -2.14. The standard InChI is InChI=1S/C41H29N3/c1-2-11-27-25(10-1)19-20-26-21-22-29(33-14-5-6-15-34-35(43-33)16-9-23-42-34)39-32(38(26)27)24-31-28-12-3-7-17-36(28)44-37-18-8-4-13-30(37)40(39)41(31)44/h1-4,6-13,15-20,23-24,29H,5,14,21-22H2/b15-6-,43-33+/t29-/m0/s1. The van der Waals surface area contributed by atoms with Crippen LogP contribution in [0, 0.1) is 0 Å². The Kier molecular flexibility index (Phi) is 5.01. The fourth-order valence-corrected chi connectivity index (χ4v) is 8.25. The molecule has 0 N–H and O–H groups in total. The van der Waals surface area contributed by atoms with Crippen LogP contribution in [0.15, 0.2) is 120 Å². The average Bonchev–Trinajstić information content (AvgIpc) is 3.51. The lowest BCUT2D eigenvalue weighted by molar-refractivity contribution is 0.765. The molecule has 0 bridgehead atoms. The second kappa shape index (κ2) is 9.11. The zero-order valence-electron chi connectivity index (χ0n) is 24.3. The van der Waals surface area contributed by atoms with Gasteiger partial charge in [0.15, 0.2) is 0 Å². The van der Waals surface area contributed by atoms with Crippen LogP contribution in [0.5, 0.6) is 0 Å². The maximum absolute atomic E-state index is 5.46. The summed E-state index contributed by atoms with van der Waals surface area (Å²) in [7, 11) is 0. The van der Waals surface area contributed by atoms with E-state index in [0.717, 1.165) is 37.1 Å². The van der Waals surface area contributed by atoms with Crippen LogP contribution >= 0.6 is 0 Å². The van der Waals surface area contributed by atoms with Crippen molar-refractivity contribution in [3.05, 3.63) is 132 Å². The number of aliphatic imine (C=N–C) groups is 1. The molecule has 44 heavy (non-hydrogen) atoms. The minimum atomic E-state index is 0.188. The first kappa shape index (κ1) is 24.2. The molecule has 1 aliphatic heterocycles. The van der Waals surface area contributed by atoms with Crippen molar-refractivity contribution >= 4 is 66.3 Å². The first-order valence-electron chi connectivity index (χ1n) is 15.7. The fraction of sp³-hybridized carbons (Fsp3) is 0.122. The van der Waals surface area contributed by atoms with Gasteiger partial charge in [0.2, 0.25) is 0 Å². The molecule has 8 aromatic rings. The van der Waals surface area contributed by atoms with Gasteiger partial charge < -0.3 is 4.40 Å². The van der Waals surface area contributed by atoms with Gasteiger partial charge in [0.25, 0.3) is 0 Å². The largest absolute Gasteiger partial charge is 0.308 e. The van der Waals surface area contributed by atoms with Crippen molar-refractivity contribution in [1.29, 1.82) is 0 Å². The third kappa shape index (κ3) is 3.27. The molecule has 0 spiro atoms. The monoisotopic (exact) mass is 563 g/mol. The average molecular weight is 564 g/mol. The number of hydrogen-bond acceptors (Lipinski definition) is 2. The number of benzene rings is 5. The lowest BCUT2D eigenvalue weighted by atomic mass is 9.81.